The van der Waals surface area contributed by atoms with Crippen molar-refractivity contribution in [2.45, 2.75) is 45.1 Å². The number of pyridine rings is 1. The van der Waals surface area contributed by atoms with Crippen LogP contribution >= 0.6 is 0 Å². The van der Waals surface area contributed by atoms with Gasteiger partial charge in [-0.3, -0.25) is 4.79 Å². The summed E-state index contributed by atoms with van der Waals surface area (Å²) in [7, 11) is 1.60. The number of rotatable bonds is 3. The van der Waals surface area contributed by atoms with Crippen molar-refractivity contribution in [3.8, 4) is 5.75 Å². The number of hydrogen-bond acceptors (Lipinski definition) is 3. The first-order chi connectivity index (χ1) is 8.41. The van der Waals surface area contributed by atoms with Crippen LogP contribution in [0.4, 0.5) is 0 Å². The number of carbonyl (C=O) groups excluding carboxylic acids is 1. The predicted molar refractivity (Wildman–Crippen MR) is 70.0 cm³/mol. The number of nitrogens with zero attached hydrogens (tertiary/aromatic N) is 1. The van der Waals surface area contributed by atoms with Crippen LogP contribution in [0.15, 0.2) is 12.3 Å². The zero-order valence-corrected chi connectivity index (χ0v) is 11.4. The van der Waals surface area contributed by atoms with Crippen molar-refractivity contribution in [1.82, 2.24) is 10.3 Å². The van der Waals surface area contributed by atoms with E-state index in [4.69, 9.17) is 4.74 Å². The molecule has 1 heterocycles. The number of amides is 1. The molecular formula is C14H20N2O2. The number of carbonyl (C=O) groups is 1. The minimum Gasteiger partial charge on any atom is -0.488 e. The van der Waals surface area contributed by atoms with E-state index in [0.29, 0.717) is 11.4 Å². The fourth-order valence-electron chi connectivity index (χ4n) is 1.60. The van der Waals surface area contributed by atoms with Crippen LogP contribution in [-0.2, 0) is 5.41 Å². The van der Waals surface area contributed by atoms with Gasteiger partial charge in [0.15, 0.2) is 11.4 Å². The summed E-state index contributed by atoms with van der Waals surface area (Å²) in [6.45, 7) is 6.35. The molecule has 1 aromatic heterocycles. The summed E-state index contributed by atoms with van der Waals surface area (Å²) in [5.74, 6) is 0.399. The monoisotopic (exact) mass is 248 g/mol. The topological polar surface area (TPSA) is 51.2 Å². The maximum atomic E-state index is 11.7. The van der Waals surface area contributed by atoms with Gasteiger partial charge in [-0.15, -0.1) is 0 Å². The van der Waals surface area contributed by atoms with Gasteiger partial charge in [-0.05, 0) is 29.9 Å². The van der Waals surface area contributed by atoms with E-state index in [1.807, 2.05) is 6.07 Å². The SMILES string of the molecule is CNC(=O)c1ncc(C(C)(C)C)cc1OC1CC1. The zero-order chi connectivity index (χ0) is 13.3. The van der Waals surface area contributed by atoms with Crippen molar-refractivity contribution in [3.05, 3.63) is 23.5 Å². The van der Waals surface area contributed by atoms with Crippen LogP contribution < -0.4 is 10.1 Å². The van der Waals surface area contributed by atoms with Crippen LogP contribution in [-0.4, -0.2) is 24.0 Å². The Hall–Kier alpha value is -1.58. The van der Waals surface area contributed by atoms with Gasteiger partial charge >= 0.3 is 0 Å². The minimum absolute atomic E-state index is 0.00409. The summed E-state index contributed by atoms with van der Waals surface area (Å²) in [6.07, 6.45) is 4.13. The van der Waals surface area contributed by atoms with E-state index in [1.165, 1.54) is 0 Å². The van der Waals surface area contributed by atoms with E-state index in [1.54, 1.807) is 13.2 Å². The molecule has 4 heteroatoms. The van der Waals surface area contributed by atoms with Gasteiger partial charge in [0.25, 0.3) is 5.91 Å². The second kappa shape index (κ2) is 4.59. The maximum Gasteiger partial charge on any atom is 0.273 e. The van der Waals surface area contributed by atoms with Crippen LogP contribution in [0.5, 0.6) is 5.75 Å². The highest BCUT2D eigenvalue weighted by Crippen LogP contribution is 2.32. The summed E-state index contributed by atoms with van der Waals surface area (Å²) < 4.78 is 5.79. The van der Waals surface area contributed by atoms with Crippen LogP contribution in [0.2, 0.25) is 0 Å². The molecule has 2 rings (SSSR count). The average molecular weight is 248 g/mol. The molecule has 0 aromatic carbocycles. The molecule has 0 atom stereocenters. The largest absolute Gasteiger partial charge is 0.488 e. The molecule has 0 bridgehead atoms. The first kappa shape index (κ1) is 12.9. The molecule has 1 fully saturated rings. The summed E-state index contributed by atoms with van der Waals surface area (Å²) in [4.78, 5) is 16.0. The first-order valence-electron chi connectivity index (χ1n) is 6.31. The Morgan fingerprint density at radius 1 is 1.44 bits per heavy atom. The van der Waals surface area contributed by atoms with Gasteiger partial charge in [-0.2, -0.15) is 0 Å². The summed E-state index contributed by atoms with van der Waals surface area (Å²) in [5, 5.41) is 2.59. The summed E-state index contributed by atoms with van der Waals surface area (Å²) in [5.41, 5.74) is 1.44. The highest BCUT2D eigenvalue weighted by molar-refractivity contribution is 5.94. The molecule has 1 saturated carbocycles. The third-order valence-electron chi connectivity index (χ3n) is 2.98. The number of ether oxygens (including phenoxy) is 1. The van der Waals surface area contributed by atoms with Crippen LogP contribution in [0.1, 0.15) is 49.7 Å². The Morgan fingerprint density at radius 2 is 2.11 bits per heavy atom. The van der Waals surface area contributed by atoms with E-state index < -0.39 is 0 Å². The van der Waals surface area contributed by atoms with Crippen molar-refractivity contribution in [2.75, 3.05) is 7.05 Å². The molecule has 18 heavy (non-hydrogen) atoms. The van der Waals surface area contributed by atoms with E-state index in [-0.39, 0.29) is 17.4 Å². The molecule has 1 aliphatic rings. The number of nitrogens with one attached hydrogen (secondary N) is 1. The molecule has 0 spiro atoms. The van der Waals surface area contributed by atoms with Crippen molar-refractivity contribution >= 4 is 5.91 Å². The Labute approximate surface area is 108 Å². The lowest BCUT2D eigenvalue weighted by Crippen LogP contribution is -2.22. The van der Waals surface area contributed by atoms with Gasteiger partial charge in [0.1, 0.15) is 0 Å². The van der Waals surface area contributed by atoms with Gasteiger partial charge in [-0.25, -0.2) is 4.98 Å². The molecule has 0 aliphatic heterocycles. The molecule has 1 aliphatic carbocycles. The Balaban J connectivity index is 2.37. The van der Waals surface area contributed by atoms with Crippen molar-refractivity contribution in [2.24, 2.45) is 0 Å². The van der Waals surface area contributed by atoms with E-state index in [2.05, 4.69) is 31.1 Å². The lowest BCUT2D eigenvalue weighted by atomic mass is 9.88. The molecule has 0 saturated heterocycles. The second-order valence-electron chi connectivity index (χ2n) is 5.72. The molecule has 1 aromatic rings. The first-order valence-corrected chi connectivity index (χ1v) is 6.31. The summed E-state index contributed by atoms with van der Waals surface area (Å²) in [6, 6.07) is 1.94. The Bertz CT molecular complexity index is 459. The molecule has 1 N–H and O–H groups in total. The van der Waals surface area contributed by atoms with E-state index in [9.17, 15) is 4.79 Å². The summed E-state index contributed by atoms with van der Waals surface area (Å²) >= 11 is 0. The third kappa shape index (κ3) is 2.81. The lowest BCUT2D eigenvalue weighted by molar-refractivity contribution is 0.0953. The Morgan fingerprint density at radius 3 is 2.61 bits per heavy atom. The molecule has 0 radical (unpaired) electrons. The molecule has 4 nitrogen and oxygen atoms in total. The van der Waals surface area contributed by atoms with Gasteiger partial charge < -0.3 is 10.1 Å². The molecular weight excluding hydrogens is 228 g/mol. The molecule has 1 amide bonds. The quantitative estimate of drug-likeness (QED) is 0.892. The van der Waals surface area contributed by atoms with Gasteiger partial charge in [-0.1, -0.05) is 20.8 Å². The van der Waals surface area contributed by atoms with Crippen molar-refractivity contribution in [3.63, 3.8) is 0 Å². The second-order valence-corrected chi connectivity index (χ2v) is 5.72. The highest BCUT2D eigenvalue weighted by Gasteiger charge is 2.27. The molecule has 0 unspecified atom stereocenters. The van der Waals surface area contributed by atoms with Crippen molar-refractivity contribution < 1.29 is 9.53 Å². The van der Waals surface area contributed by atoms with E-state index in [0.717, 1.165) is 18.4 Å². The predicted octanol–water partition coefficient (Wildman–Crippen LogP) is 2.28. The normalized spacial score (nSPS) is 15.3. The molecule has 98 valence electrons. The maximum absolute atomic E-state index is 11.7. The van der Waals surface area contributed by atoms with Crippen molar-refractivity contribution in [1.29, 1.82) is 0 Å². The fraction of sp³-hybridized carbons (Fsp3) is 0.571. The Kier molecular flexibility index (Phi) is 3.28. The number of aromatic nitrogens is 1. The lowest BCUT2D eigenvalue weighted by Gasteiger charge is -2.20. The smallest absolute Gasteiger partial charge is 0.273 e. The standard InChI is InChI=1S/C14H20N2O2/c1-14(2,3)9-7-11(18-10-5-6-10)12(16-8-9)13(17)15-4/h7-8,10H,5-6H2,1-4H3,(H,15,17). The van der Waals surface area contributed by atoms with Gasteiger partial charge in [0, 0.05) is 13.2 Å². The van der Waals surface area contributed by atoms with Gasteiger partial charge in [0.2, 0.25) is 0 Å². The van der Waals surface area contributed by atoms with Crippen LogP contribution in [0, 0.1) is 0 Å². The van der Waals surface area contributed by atoms with Crippen LogP contribution in [0.25, 0.3) is 0 Å². The number of hydrogen-bond donors (Lipinski definition) is 1. The van der Waals surface area contributed by atoms with Crippen LogP contribution in [0.3, 0.4) is 0 Å². The van der Waals surface area contributed by atoms with Gasteiger partial charge in [0.05, 0.1) is 6.10 Å². The third-order valence-corrected chi connectivity index (χ3v) is 2.98. The average Bonchev–Trinajstić information content (AvgIpc) is 3.10. The van der Waals surface area contributed by atoms with E-state index >= 15 is 0 Å². The minimum atomic E-state index is -0.203. The fourth-order valence-corrected chi connectivity index (χ4v) is 1.60. The highest BCUT2D eigenvalue weighted by atomic mass is 16.5. The zero-order valence-electron chi connectivity index (χ0n) is 11.4.